The summed E-state index contributed by atoms with van der Waals surface area (Å²) in [4.78, 5) is 22.7. The second-order valence-electron chi connectivity index (χ2n) is 5.93. The molecule has 0 bridgehead atoms. The van der Waals surface area contributed by atoms with Gasteiger partial charge in [-0.25, -0.2) is 13.2 Å². The van der Waals surface area contributed by atoms with Gasteiger partial charge in [-0.3, -0.25) is 10.1 Å². The number of amides is 2. The summed E-state index contributed by atoms with van der Waals surface area (Å²) in [6, 6.07) is 13.3. The minimum atomic E-state index is -3.43. The van der Waals surface area contributed by atoms with Crippen LogP contribution in [0.2, 0.25) is 5.02 Å². The first kappa shape index (κ1) is 18.4. The molecule has 0 aliphatic carbocycles. The zero-order chi connectivity index (χ0) is 18.7. The molecule has 0 spiro atoms. The largest absolute Gasteiger partial charge is 0.435 e. The van der Waals surface area contributed by atoms with E-state index in [4.69, 9.17) is 16.3 Å². The molecule has 2 aromatic rings. The van der Waals surface area contributed by atoms with Gasteiger partial charge in [-0.2, -0.15) is 0 Å². The molecule has 8 heteroatoms. The Labute approximate surface area is 156 Å². The van der Waals surface area contributed by atoms with Gasteiger partial charge in [0.05, 0.1) is 10.6 Å². The van der Waals surface area contributed by atoms with Crippen molar-refractivity contribution in [3.05, 3.63) is 64.7 Å². The van der Waals surface area contributed by atoms with Gasteiger partial charge in [0, 0.05) is 11.4 Å². The van der Waals surface area contributed by atoms with Crippen molar-refractivity contribution < 1.29 is 22.7 Å². The van der Waals surface area contributed by atoms with Crippen molar-refractivity contribution in [2.75, 3.05) is 5.75 Å². The summed E-state index contributed by atoms with van der Waals surface area (Å²) < 4.78 is 29.8. The monoisotopic (exact) mass is 393 g/mol. The van der Waals surface area contributed by atoms with Gasteiger partial charge in [0.25, 0.3) is 5.91 Å². The normalized spacial score (nSPS) is 17.0. The van der Waals surface area contributed by atoms with Crippen molar-refractivity contribution in [2.24, 2.45) is 0 Å². The predicted molar refractivity (Wildman–Crippen MR) is 95.8 cm³/mol. The molecule has 1 aliphatic rings. The van der Waals surface area contributed by atoms with Crippen molar-refractivity contribution in [2.45, 2.75) is 23.8 Å². The maximum absolute atomic E-state index is 12.5. The topological polar surface area (TPSA) is 89.5 Å². The number of benzene rings is 2. The third-order valence-electron chi connectivity index (χ3n) is 4.04. The van der Waals surface area contributed by atoms with E-state index >= 15 is 0 Å². The average molecular weight is 394 g/mol. The molecule has 1 N–H and O–H groups in total. The molecule has 26 heavy (non-hydrogen) atoms. The summed E-state index contributed by atoms with van der Waals surface area (Å²) in [6.07, 6.45) is -1.06. The lowest BCUT2D eigenvalue weighted by molar-refractivity contribution is -0.123. The third kappa shape index (κ3) is 4.42. The Morgan fingerprint density at radius 2 is 1.58 bits per heavy atom. The molecule has 1 fully saturated rings. The quantitative estimate of drug-likeness (QED) is 0.814. The summed E-state index contributed by atoms with van der Waals surface area (Å²) in [7, 11) is -3.43. The third-order valence-corrected chi connectivity index (χ3v) is 6.03. The van der Waals surface area contributed by atoms with Crippen LogP contribution in [-0.4, -0.2) is 32.3 Å². The van der Waals surface area contributed by atoms with Crippen molar-refractivity contribution in [1.82, 2.24) is 5.32 Å². The van der Waals surface area contributed by atoms with E-state index in [2.05, 4.69) is 5.32 Å². The van der Waals surface area contributed by atoms with E-state index in [9.17, 15) is 18.0 Å². The highest BCUT2D eigenvalue weighted by Crippen LogP contribution is 2.17. The van der Waals surface area contributed by atoms with Crippen molar-refractivity contribution in [3.63, 3.8) is 0 Å². The maximum atomic E-state index is 12.5. The number of ether oxygens (including phenoxy) is 1. The number of aryl methyl sites for hydroxylation is 1. The molecule has 2 aromatic carbocycles. The smallest absolute Gasteiger partial charge is 0.414 e. The van der Waals surface area contributed by atoms with E-state index in [1.54, 1.807) is 36.4 Å². The standard InChI is InChI=1S/C18H16ClNO5S/c19-14-5-1-12(2-6-14)9-10-26(23,24)15-7-3-13(4-8-15)11-16-17(21)20-18(22)25-16/h1-8,16H,9-11H2,(H,20,21,22). The molecule has 1 heterocycles. The second kappa shape index (κ2) is 7.47. The molecule has 1 unspecified atom stereocenters. The molecule has 2 amide bonds. The van der Waals surface area contributed by atoms with Crippen LogP contribution in [0.25, 0.3) is 0 Å². The summed E-state index contributed by atoms with van der Waals surface area (Å²) in [6.45, 7) is 0. The second-order valence-corrected chi connectivity index (χ2v) is 8.47. The zero-order valence-corrected chi connectivity index (χ0v) is 15.2. The number of alkyl carbamates (subject to hydrolysis) is 1. The van der Waals surface area contributed by atoms with Crippen molar-refractivity contribution >= 4 is 33.4 Å². The summed E-state index contributed by atoms with van der Waals surface area (Å²) in [5, 5.41) is 2.66. The van der Waals surface area contributed by atoms with Crippen LogP contribution in [0.1, 0.15) is 11.1 Å². The van der Waals surface area contributed by atoms with Gasteiger partial charge in [0.15, 0.2) is 15.9 Å². The van der Waals surface area contributed by atoms with E-state index in [0.29, 0.717) is 17.0 Å². The minimum Gasteiger partial charge on any atom is -0.435 e. The number of hydrogen-bond acceptors (Lipinski definition) is 5. The lowest BCUT2D eigenvalue weighted by Gasteiger charge is -2.08. The van der Waals surface area contributed by atoms with Gasteiger partial charge in [0.1, 0.15) is 0 Å². The highest BCUT2D eigenvalue weighted by atomic mass is 35.5. The molecule has 6 nitrogen and oxygen atoms in total. The molecule has 0 radical (unpaired) electrons. The lowest BCUT2D eigenvalue weighted by atomic mass is 10.1. The minimum absolute atomic E-state index is 0.0172. The van der Waals surface area contributed by atoms with Gasteiger partial charge in [-0.15, -0.1) is 0 Å². The van der Waals surface area contributed by atoms with Gasteiger partial charge in [-0.1, -0.05) is 35.9 Å². The Hall–Kier alpha value is -2.38. The molecule has 136 valence electrons. The SMILES string of the molecule is O=C1NC(=O)C(Cc2ccc(S(=O)(=O)CCc3ccc(Cl)cc3)cc2)O1. The van der Waals surface area contributed by atoms with Crippen LogP contribution >= 0.6 is 11.6 Å². The molecule has 3 rings (SSSR count). The molecular weight excluding hydrogens is 378 g/mol. The first-order valence-corrected chi connectivity index (χ1v) is 9.94. The number of carbonyl (C=O) groups is 2. The van der Waals surface area contributed by atoms with Crippen LogP contribution in [0, 0.1) is 0 Å². The van der Waals surface area contributed by atoms with Crippen molar-refractivity contribution in [3.8, 4) is 0 Å². The number of imide groups is 1. The van der Waals surface area contributed by atoms with Crippen LogP contribution in [0.15, 0.2) is 53.4 Å². The summed E-state index contributed by atoms with van der Waals surface area (Å²) in [5.41, 5.74) is 1.60. The molecule has 1 aliphatic heterocycles. The predicted octanol–water partition coefficient (Wildman–Crippen LogP) is 2.53. The first-order chi connectivity index (χ1) is 12.3. The summed E-state index contributed by atoms with van der Waals surface area (Å²) >= 11 is 5.82. The molecule has 1 atom stereocenters. The number of halogens is 1. The van der Waals surface area contributed by atoms with Gasteiger partial charge >= 0.3 is 6.09 Å². The van der Waals surface area contributed by atoms with Crippen LogP contribution in [0.3, 0.4) is 0 Å². The Morgan fingerprint density at radius 3 is 2.15 bits per heavy atom. The molecule has 0 aromatic heterocycles. The number of carbonyl (C=O) groups excluding carboxylic acids is 2. The van der Waals surface area contributed by atoms with E-state index in [0.717, 1.165) is 5.56 Å². The fourth-order valence-electron chi connectivity index (χ4n) is 2.60. The maximum Gasteiger partial charge on any atom is 0.414 e. The number of hydrogen-bond donors (Lipinski definition) is 1. The number of sulfone groups is 1. The fraction of sp³-hybridized carbons (Fsp3) is 0.222. The summed E-state index contributed by atoms with van der Waals surface area (Å²) in [5.74, 6) is -0.508. The van der Waals surface area contributed by atoms with E-state index in [1.807, 2.05) is 0 Å². The highest BCUT2D eigenvalue weighted by molar-refractivity contribution is 7.91. The zero-order valence-electron chi connectivity index (χ0n) is 13.6. The molecular formula is C18H16ClNO5S. The number of cyclic esters (lactones) is 1. The first-order valence-electron chi connectivity index (χ1n) is 7.91. The van der Waals surface area contributed by atoms with Crippen molar-refractivity contribution in [1.29, 1.82) is 0 Å². The van der Waals surface area contributed by atoms with Crippen LogP contribution in [-0.2, 0) is 32.2 Å². The highest BCUT2D eigenvalue weighted by Gasteiger charge is 2.32. The lowest BCUT2D eigenvalue weighted by Crippen LogP contribution is -2.25. The Kier molecular flexibility index (Phi) is 5.29. The van der Waals surface area contributed by atoms with E-state index < -0.39 is 27.9 Å². The molecule has 1 saturated heterocycles. The Balaban J connectivity index is 1.64. The van der Waals surface area contributed by atoms with Gasteiger partial charge in [0.2, 0.25) is 0 Å². The van der Waals surface area contributed by atoms with Gasteiger partial charge < -0.3 is 4.74 Å². The van der Waals surface area contributed by atoms with Gasteiger partial charge in [-0.05, 0) is 41.8 Å². The van der Waals surface area contributed by atoms with E-state index in [-0.39, 0.29) is 17.1 Å². The van der Waals surface area contributed by atoms with E-state index in [1.165, 1.54) is 12.1 Å². The Morgan fingerprint density at radius 1 is 0.962 bits per heavy atom. The Bertz CT molecular complexity index is 923. The van der Waals surface area contributed by atoms with Crippen LogP contribution in [0.4, 0.5) is 4.79 Å². The molecule has 0 saturated carbocycles. The van der Waals surface area contributed by atoms with Crippen LogP contribution in [0.5, 0.6) is 0 Å². The number of rotatable bonds is 6. The van der Waals surface area contributed by atoms with Crippen LogP contribution < -0.4 is 5.32 Å². The average Bonchev–Trinajstić information content (AvgIpc) is 2.92. The fourth-order valence-corrected chi connectivity index (χ4v) is 4.01. The number of nitrogens with one attached hydrogen (secondary N) is 1.